The molecule has 1 saturated carbocycles. The Balaban J connectivity index is 1.68. The third kappa shape index (κ3) is 6.07. The summed E-state index contributed by atoms with van der Waals surface area (Å²) in [6.07, 6.45) is 6.45. The molecule has 1 aliphatic rings. The molecule has 0 bridgehead atoms. The van der Waals surface area contributed by atoms with Crippen LogP contribution in [-0.2, 0) is 0 Å². The second-order valence-corrected chi connectivity index (χ2v) is 8.41. The maximum atomic E-state index is 13.2. The quantitative estimate of drug-likeness (QED) is 0.577. The first-order valence-electron chi connectivity index (χ1n) is 11.2. The number of para-hydroxylation sites is 2. The summed E-state index contributed by atoms with van der Waals surface area (Å²) in [7, 11) is 1.86. The number of benzene rings is 2. The molecule has 170 valence electrons. The van der Waals surface area contributed by atoms with E-state index in [4.69, 9.17) is 17.0 Å². The molecule has 1 fully saturated rings. The Morgan fingerprint density at radius 2 is 1.69 bits per heavy atom. The first kappa shape index (κ1) is 23.7. The summed E-state index contributed by atoms with van der Waals surface area (Å²) in [6.45, 7) is 2.53. The number of thiocarbonyl (C=S) groups is 1. The summed E-state index contributed by atoms with van der Waals surface area (Å²) in [4.78, 5) is 27.8. The van der Waals surface area contributed by atoms with E-state index in [1.807, 2.05) is 37.1 Å². The van der Waals surface area contributed by atoms with Crippen LogP contribution in [0, 0.1) is 0 Å². The van der Waals surface area contributed by atoms with Gasteiger partial charge in [0.15, 0.2) is 5.11 Å². The minimum Gasteiger partial charge on any atom is -0.493 e. The van der Waals surface area contributed by atoms with Gasteiger partial charge >= 0.3 is 0 Å². The summed E-state index contributed by atoms with van der Waals surface area (Å²) < 4.78 is 5.67. The van der Waals surface area contributed by atoms with E-state index in [2.05, 4.69) is 10.6 Å². The van der Waals surface area contributed by atoms with Gasteiger partial charge in [0, 0.05) is 13.1 Å². The Bertz CT molecular complexity index is 957. The first-order chi connectivity index (χ1) is 15.5. The lowest BCUT2D eigenvalue weighted by molar-refractivity contribution is 0.0697. The van der Waals surface area contributed by atoms with Crippen LogP contribution in [0.15, 0.2) is 48.5 Å². The van der Waals surface area contributed by atoms with Gasteiger partial charge in [-0.2, -0.15) is 0 Å². The summed E-state index contributed by atoms with van der Waals surface area (Å²) in [6, 6.07) is 14.5. The third-order valence-electron chi connectivity index (χ3n) is 5.67. The van der Waals surface area contributed by atoms with E-state index < -0.39 is 0 Å². The Morgan fingerprint density at radius 1 is 1.03 bits per heavy atom. The largest absolute Gasteiger partial charge is 0.493 e. The zero-order valence-corrected chi connectivity index (χ0v) is 19.5. The molecule has 0 heterocycles. The molecule has 0 unspecified atom stereocenters. The molecule has 32 heavy (non-hydrogen) atoms. The van der Waals surface area contributed by atoms with E-state index in [0.29, 0.717) is 29.2 Å². The van der Waals surface area contributed by atoms with Crippen LogP contribution in [0.5, 0.6) is 5.75 Å². The van der Waals surface area contributed by atoms with Gasteiger partial charge in [0.1, 0.15) is 5.75 Å². The molecule has 2 aromatic carbocycles. The summed E-state index contributed by atoms with van der Waals surface area (Å²) in [5.41, 5.74) is 1.51. The second-order valence-electron chi connectivity index (χ2n) is 8.01. The molecule has 0 radical (unpaired) electrons. The van der Waals surface area contributed by atoms with Gasteiger partial charge in [-0.15, -0.1) is 0 Å². The second kappa shape index (κ2) is 11.6. The van der Waals surface area contributed by atoms with Gasteiger partial charge in [-0.1, -0.05) is 50.5 Å². The van der Waals surface area contributed by atoms with Crippen LogP contribution in [0.1, 0.15) is 66.2 Å². The number of ether oxygens (including phenoxy) is 1. The number of carbonyl (C=O) groups is 2. The summed E-state index contributed by atoms with van der Waals surface area (Å²) in [5.74, 6) is 0.101. The lowest BCUT2D eigenvalue weighted by Gasteiger charge is -2.31. The van der Waals surface area contributed by atoms with Crippen LogP contribution in [0.3, 0.4) is 0 Å². The molecule has 1 aliphatic carbocycles. The van der Waals surface area contributed by atoms with Gasteiger partial charge in [0.25, 0.3) is 11.8 Å². The maximum absolute atomic E-state index is 13.2. The topological polar surface area (TPSA) is 70.7 Å². The average Bonchev–Trinajstić information content (AvgIpc) is 2.82. The zero-order chi connectivity index (χ0) is 22.9. The number of nitrogens with zero attached hydrogens (tertiary/aromatic N) is 1. The van der Waals surface area contributed by atoms with E-state index in [9.17, 15) is 9.59 Å². The van der Waals surface area contributed by atoms with Crippen molar-refractivity contribution >= 4 is 34.8 Å². The molecule has 0 aliphatic heterocycles. The molecule has 0 spiro atoms. The lowest BCUT2D eigenvalue weighted by Crippen LogP contribution is -2.39. The fraction of sp³-hybridized carbons (Fsp3) is 0.400. The highest BCUT2D eigenvalue weighted by Gasteiger charge is 2.25. The fourth-order valence-corrected chi connectivity index (χ4v) is 4.12. The Labute approximate surface area is 195 Å². The van der Waals surface area contributed by atoms with Gasteiger partial charge in [-0.3, -0.25) is 14.9 Å². The minimum absolute atomic E-state index is 0.0487. The average molecular weight is 454 g/mol. The van der Waals surface area contributed by atoms with Crippen LogP contribution in [0.2, 0.25) is 0 Å². The SMILES string of the molecule is CCCOc1ccccc1C(=O)NC(=S)Nc1ccccc1C(=O)N(C)C1CCCCC1. The highest BCUT2D eigenvalue weighted by molar-refractivity contribution is 7.80. The molecule has 0 aromatic heterocycles. The highest BCUT2D eigenvalue weighted by atomic mass is 32.1. The molecular weight excluding hydrogens is 422 g/mol. The third-order valence-corrected chi connectivity index (χ3v) is 5.87. The van der Waals surface area contributed by atoms with E-state index in [1.165, 1.54) is 6.42 Å². The summed E-state index contributed by atoms with van der Waals surface area (Å²) in [5, 5.41) is 5.85. The number of anilines is 1. The van der Waals surface area contributed by atoms with Crippen molar-refractivity contribution in [1.82, 2.24) is 10.2 Å². The maximum Gasteiger partial charge on any atom is 0.261 e. The highest BCUT2D eigenvalue weighted by Crippen LogP contribution is 2.25. The Kier molecular flexibility index (Phi) is 8.62. The number of hydrogen-bond acceptors (Lipinski definition) is 4. The van der Waals surface area contributed by atoms with Gasteiger partial charge < -0.3 is 15.0 Å². The molecule has 7 heteroatoms. The molecule has 6 nitrogen and oxygen atoms in total. The minimum atomic E-state index is -0.364. The van der Waals surface area contributed by atoms with Gasteiger partial charge in [-0.05, 0) is 55.7 Å². The van der Waals surface area contributed by atoms with Crippen LogP contribution in [0.4, 0.5) is 5.69 Å². The summed E-state index contributed by atoms with van der Waals surface area (Å²) >= 11 is 5.37. The number of carbonyl (C=O) groups excluding carboxylic acids is 2. The molecule has 0 saturated heterocycles. The van der Waals surface area contributed by atoms with Crippen molar-refractivity contribution in [3.05, 3.63) is 59.7 Å². The Morgan fingerprint density at radius 3 is 2.41 bits per heavy atom. The predicted molar refractivity (Wildman–Crippen MR) is 131 cm³/mol. The first-order valence-corrected chi connectivity index (χ1v) is 11.6. The van der Waals surface area contributed by atoms with E-state index in [-0.39, 0.29) is 23.0 Å². The standard InChI is InChI=1S/C25H31N3O3S/c1-3-17-31-22-16-10-8-14-20(22)23(29)27-25(32)26-21-15-9-7-13-19(21)24(30)28(2)18-11-5-4-6-12-18/h7-10,13-16,18H,3-6,11-12,17H2,1-2H3,(H2,26,27,29,32). The Hall–Kier alpha value is -2.93. The molecule has 2 amide bonds. The molecule has 2 N–H and O–H groups in total. The lowest BCUT2D eigenvalue weighted by atomic mass is 9.94. The van der Waals surface area contributed by atoms with Crippen LogP contribution >= 0.6 is 12.2 Å². The monoisotopic (exact) mass is 453 g/mol. The van der Waals surface area contributed by atoms with Crippen LogP contribution in [0.25, 0.3) is 0 Å². The number of amides is 2. The van der Waals surface area contributed by atoms with Crippen molar-refractivity contribution in [2.75, 3.05) is 19.0 Å². The van der Waals surface area contributed by atoms with Gasteiger partial charge in [-0.25, -0.2) is 0 Å². The smallest absolute Gasteiger partial charge is 0.261 e. The fourth-order valence-electron chi connectivity index (χ4n) is 3.92. The normalized spacial score (nSPS) is 13.8. The molecule has 2 aromatic rings. The zero-order valence-electron chi connectivity index (χ0n) is 18.7. The van der Waals surface area contributed by atoms with Crippen molar-refractivity contribution in [3.8, 4) is 5.75 Å². The molecule has 3 rings (SSSR count). The van der Waals surface area contributed by atoms with E-state index in [1.54, 1.807) is 30.3 Å². The molecule has 0 atom stereocenters. The number of rotatable bonds is 7. The van der Waals surface area contributed by atoms with Crippen molar-refractivity contribution in [2.24, 2.45) is 0 Å². The van der Waals surface area contributed by atoms with Crippen molar-refractivity contribution in [3.63, 3.8) is 0 Å². The van der Waals surface area contributed by atoms with Gasteiger partial charge in [0.05, 0.1) is 23.4 Å². The number of hydrogen-bond donors (Lipinski definition) is 2. The van der Waals surface area contributed by atoms with Crippen molar-refractivity contribution in [1.29, 1.82) is 0 Å². The van der Waals surface area contributed by atoms with Crippen LogP contribution in [-0.4, -0.2) is 41.5 Å². The predicted octanol–water partition coefficient (Wildman–Crippen LogP) is 5.01. The van der Waals surface area contributed by atoms with E-state index >= 15 is 0 Å². The van der Waals surface area contributed by atoms with Gasteiger partial charge in [0.2, 0.25) is 0 Å². The van der Waals surface area contributed by atoms with Crippen molar-refractivity contribution in [2.45, 2.75) is 51.5 Å². The number of nitrogens with one attached hydrogen (secondary N) is 2. The van der Waals surface area contributed by atoms with Crippen molar-refractivity contribution < 1.29 is 14.3 Å². The van der Waals surface area contributed by atoms with E-state index in [0.717, 1.165) is 32.1 Å². The van der Waals surface area contributed by atoms with Crippen LogP contribution < -0.4 is 15.4 Å². The molecular formula is C25H31N3O3S.